The number of rotatable bonds is 3. The zero-order valence-electron chi connectivity index (χ0n) is 6.38. The van der Waals surface area contributed by atoms with Gasteiger partial charge in [-0.2, -0.15) is 0 Å². The van der Waals surface area contributed by atoms with Crippen LogP contribution in [0.15, 0.2) is 0 Å². The van der Waals surface area contributed by atoms with Gasteiger partial charge in [-0.25, -0.2) is 13.1 Å². The third kappa shape index (κ3) is 7.87. The van der Waals surface area contributed by atoms with E-state index in [4.69, 9.17) is 5.11 Å². The van der Waals surface area contributed by atoms with Crippen LogP contribution < -0.4 is 4.72 Å². The Morgan fingerprint density at radius 1 is 1.50 bits per heavy atom. The summed E-state index contributed by atoms with van der Waals surface area (Å²) in [4.78, 5) is 0. The summed E-state index contributed by atoms with van der Waals surface area (Å²) in [6, 6.07) is 0. The summed E-state index contributed by atoms with van der Waals surface area (Å²) in [5, 5.41) is 9.05. The van der Waals surface area contributed by atoms with E-state index in [1.165, 1.54) is 13.8 Å². The van der Waals surface area contributed by atoms with Gasteiger partial charge in [0.05, 0.1) is 11.9 Å². The van der Waals surface area contributed by atoms with Crippen molar-refractivity contribution in [1.82, 2.24) is 4.72 Å². The van der Waals surface area contributed by atoms with Crippen molar-refractivity contribution >= 4 is 10.0 Å². The predicted molar refractivity (Wildman–Crippen MR) is 39.1 cm³/mol. The van der Waals surface area contributed by atoms with Crippen LogP contribution in [0.2, 0.25) is 0 Å². The average Bonchev–Trinajstić information content (AvgIpc) is 1.57. The second-order valence-corrected chi connectivity index (χ2v) is 4.74. The highest BCUT2D eigenvalue weighted by molar-refractivity contribution is 7.88. The van der Waals surface area contributed by atoms with E-state index in [2.05, 4.69) is 4.72 Å². The molecule has 5 heteroatoms. The van der Waals surface area contributed by atoms with E-state index in [0.29, 0.717) is 0 Å². The molecule has 0 heterocycles. The zero-order chi connectivity index (χ0) is 8.41. The average molecular weight is 167 g/mol. The summed E-state index contributed by atoms with van der Waals surface area (Å²) in [6.07, 6.45) is 1.05. The predicted octanol–water partition coefficient (Wildman–Crippen LogP) is -0.694. The highest BCUT2D eigenvalue weighted by Gasteiger charge is 2.14. The number of sulfonamides is 1. The quantitative estimate of drug-likeness (QED) is 0.584. The fourth-order valence-corrected chi connectivity index (χ4v) is 0.923. The summed E-state index contributed by atoms with van der Waals surface area (Å²) in [5.41, 5.74) is -0.983. The van der Waals surface area contributed by atoms with Crippen molar-refractivity contribution in [1.29, 1.82) is 0 Å². The fraction of sp³-hybridized carbons (Fsp3) is 1.00. The number of aliphatic hydroxyl groups is 1. The lowest BCUT2D eigenvalue weighted by Gasteiger charge is -2.16. The molecule has 0 spiro atoms. The van der Waals surface area contributed by atoms with Crippen molar-refractivity contribution < 1.29 is 13.5 Å². The Kier molecular flexibility index (Phi) is 2.82. The number of nitrogens with one attached hydrogen (secondary N) is 1. The van der Waals surface area contributed by atoms with Crippen LogP contribution >= 0.6 is 0 Å². The summed E-state index contributed by atoms with van der Waals surface area (Å²) in [7, 11) is -3.17. The highest BCUT2D eigenvalue weighted by Crippen LogP contribution is 1.97. The third-order valence-corrected chi connectivity index (χ3v) is 1.44. The smallest absolute Gasteiger partial charge is 0.208 e. The molecule has 0 atom stereocenters. The minimum absolute atomic E-state index is 0.0475. The summed E-state index contributed by atoms with van der Waals surface area (Å²) >= 11 is 0. The number of hydrogen-bond acceptors (Lipinski definition) is 3. The standard InChI is InChI=1S/C5H13NO3S/c1-5(2,7)4-6-10(3,8)9/h6-7H,4H2,1-3H3. The SMILES string of the molecule is CC(C)(O)CNS(C)(=O)=O. The third-order valence-electron chi connectivity index (χ3n) is 0.767. The molecule has 0 fully saturated rings. The first kappa shape index (κ1) is 9.87. The normalized spacial score (nSPS) is 13.6. The maximum Gasteiger partial charge on any atom is 0.208 e. The molecule has 0 saturated carbocycles. The Balaban J connectivity index is 3.79. The van der Waals surface area contributed by atoms with Crippen molar-refractivity contribution in [2.75, 3.05) is 12.8 Å². The van der Waals surface area contributed by atoms with Crippen LogP contribution in [0.4, 0.5) is 0 Å². The molecule has 0 aromatic heterocycles. The van der Waals surface area contributed by atoms with E-state index in [1.807, 2.05) is 0 Å². The van der Waals surface area contributed by atoms with Crippen LogP contribution in [0, 0.1) is 0 Å². The zero-order valence-corrected chi connectivity index (χ0v) is 7.20. The van der Waals surface area contributed by atoms with Gasteiger partial charge in [-0.3, -0.25) is 0 Å². The van der Waals surface area contributed by atoms with Gasteiger partial charge in [0, 0.05) is 6.54 Å². The fourth-order valence-electron chi connectivity index (χ4n) is 0.308. The molecule has 0 aliphatic carbocycles. The van der Waals surface area contributed by atoms with Gasteiger partial charge in [0.2, 0.25) is 10.0 Å². The van der Waals surface area contributed by atoms with Crippen LogP contribution in [0.25, 0.3) is 0 Å². The second-order valence-electron chi connectivity index (χ2n) is 2.91. The molecular weight excluding hydrogens is 154 g/mol. The second kappa shape index (κ2) is 2.86. The maximum atomic E-state index is 10.5. The van der Waals surface area contributed by atoms with E-state index in [-0.39, 0.29) is 6.54 Å². The largest absolute Gasteiger partial charge is 0.389 e. The number of hydrogen-bond donors (Lipinski definition) is 2. The van der Waals surface area contributed by atoms with Crippen molar-refractivity contribution in [2.24, 2.45) is 0 Å². The van der Waals surface area contributed by atoms with Gasteiger partial charge < -0.3 is 5.11 Å². The first-order valence-electron chi connectivity index (χ1n) is 2.88. The molecule has 0 saturated heterocycles. The first-order chi connectivity index (χ1) is 4.21. The summed E-state index contributed by atoms with van der Waals surface area (Å²) in [5.74, 6) is 0. The lowest BCUT2D eigenvalue weighted by atomic mass is 10.1. The monoisotopic (exact) mass is 167 g/mol. The van der Waals surface area contributed by atoms with Crippen LogP contribution in [0.3, 0.4) is 0 Å². The molecule has 0 amide bonds. The van der Waals surface area contributed by atoms with Crippen molar-refractivity contribution in [3.05, 3.63) is 0 Å². The lowest BCUT2D eigenvalue weighted by Crippen LogP contribution is -2.37. The van der Waals surface area contributed by atoms with Crippen molar-refractivity contribution in [3.63, 3.8) is 0 Å². The molecule has 0 bridgehead atoms. The van der Waals surface area contributed by atoms with Crippen LogP contribution in [-0.2, 0) is 10.0 Å². The van der Waals surface area contributed by atoms with Gasteiger partial charge in [-0.1, -0.05) is 0 Å². The molecule has 0 rings (SSSR count). The van der Waals surface area contributed by atoms with Gasteiger partial charge in [-0.15, -0.1) is 0 Å². The van der Waals surface area contributed by atoms with E-state index in [0.717, 1.165) is 6.26 Å². The molecule has 0 aromatic carbocycles. The van der Waals surface area contributed by atoms with E-state index >= 15 is 0 Å². The Morgan fingerprint density at radius 2 is 1.90 bits per heavy atom. The van der Waals surface area contributed by atoms with Crippen LogP contribution in [0.1, 0.15) is 13.8 Å². The molecule has 0 aliphatic rings. The molecule has 0 aromatic rings. The molecule has 0 aliphatic heterocycles. The van der Waals surface area contributed by atoms with Gasteiger partial charge in [0.15, 0.2) is 0 Å². The molecule has 0 radical (unpaired) electrons. The molecule has 10 heavy (non-hydrogen) atoms. The van der Waals surface area contributed by atoms with Gasteiger partial charge in [0.1, 0.15) is 0 Å². The Labute approximate surface area is 61.3 Å². The van der Waals surface area contributed by atoms with Crippen molar-refractivity contribution in [3.8, 4) is 0 Å². The maximum absolute atomic E-state index is 10.5. The van der Waals surface area contributed by atoms with Crippen LogP contribution in [-0.4, -0.2) is 31.9 Å². The van der Waals surface area contributed by atoms with Gasteiger partial charge in [-0.05, 0) is 13.8 Å². The topological polar surface area (TPSA) is 66.4 Å². The van der Waals surface area contributed by atoms with Gasteiger partial charge >= 0.3 is 0 Å². The lowest BCUT2D eigenvalue weighted by molar-refractivity contribution is 0.0857. The molecule has 4 nitrogen and oxygen atoms in total. The highest BCUT2D eigenvalue weighted by atomic mass is 32.2. The Bertz CT molecular complexity index is 189. The summed E-state index contributed by atoms with van der Waals surface area (Å²) in [6.45, 7) is 3.11. The minimum atomic E-state index is -3.17. The first-order valence-corrected chi connectivity index (χ1v) is 4.77. The van der Waals surface area contributed by atoms with E-state index in [9.17, 15) is 8.42 Å². The van der Waals surface area contributed by atoms with Crippen molar-refractivity contribution in [2.45, 2.75) is 19.4 Å². The Hall–Kier alpha value is -0.130. The minimum Gasteiger partial charge on any atom is -0.389 e. The van der Waals surface area contributed by atoms with E-state index < -0.39 is 15.6 Å². The summed E-state index contributed by atoms with van der Waals surface area (Å²) < 4.78 is 23.1. The van der Waals surface area contributed by atoms with E-state index in [1.54, 1.807) is 0 Å². The Morgan fingerprint density at radius 3 is 2.00 bits per heavy atom. The molecule has 62 valence electrons. The van der Waals surface area contributed by atoms with Gasteiger partial charge in [0.25, 0.3) is 0 Å². The molecule has 0 unspecified atom stereocenters. The molecule has 2 N–H and O–H groups in total. The molecular formula is C5H13NO3S. The van der Waals surface area contributed by atoms with Crippen LogP contribution in [0.5, 0.6) is 0 Å².